The van der Waals surface area contributed by atoms with E-state index in [-0.39, 0.29) is 0 Å². The third kappa shape index (κ3) is 4.14. The molecule has 0 aliphatic carbocycles. The molecule has 0 bridgehead atoms. The van der Waals surface area contributed by atoms with Crippen LogP contribution in [0.1, 0.15) is 26.2 Å². The summed E-state index contributed by atoms with van der Waals surface area (Å²) < 4.78 is 0. The maximum atomic E-state index is 8.74. The number of unbranched alkanes of at least 4 members (excludes halogenated alkanes) is 1. The van der Waals surface area contributed by atoms with E-state index in [1.807, 2.05) is 6.92 Å². The highest BCUT2D eigenvalue weighted by atomic mass is 16.7. The summed E-state index contributed by atoms with van der Waals surface area (Å²) in [4.78, 5) is 0. The monoisotopic (exact) mass is 160 g/mol. The summed E-state index contributed by atoms with van der Waals surface area (Å²) in [5.74, 6) is -3.25. The van der Waals surface area contributed by atoms with Gasteiger partial charge in [0.15, 0.2) is 0 Å². The fourth-order valence-electron chi connectivity index (χ4n) is 0.894. The number of aliphatic hydroxyl groups is 3. The minimum atomic E-state index is -2.60. The fourth-order valence-corrected chi connectivity index (χ4v) is 0.894. The summed E-state index contributed by atoms with van der Waals surface area (Å²) in [5, 5.41) is 26.2. The molecule has 1 unspecified atom stereocenters. The first-order chi connectivity index (χ1) is 5.02. The average Bonchev–Trinajstić information content (AvgIpc) is 1.87. The van der Waals surface area contributed by atoms with Gasteiger partial charge in [-0.15, -0.1) is 6.58 Å². The topological polar surface area (TPSA) is 60.7 Å². The highest BCUT2D eigenvalue weighted by molar-refractivity contribution is 4.83. The molecule has 0 fully saturated rings. The first kappa shape index (κ1) is 10.6. The van der Waals surface area contributed by atoms with Crippen LogP contribution in [0.25, 0.3) is 0 Å². The molecule has 0 aromatic carbocycles. The third-order valence-electron chi connectivity index (χ3n) is 1.65. The molecule has 66 valence electrons. The highest BCUT2D eigenvalue weighted by Gasteiger charge is 2.28. The molecule has 0 aromatic rings. The molecule has 11 heavy (non-hydrogen) atoms. The van der Waals surface area contributed by atoms with E-state index in [0.29, 0.717) is 6.42 Å². The van der Waals surface area contributed by atoms with Crippen LogP contribution in [0.15, 0.2) is 12.7 Å². The van der Waals surface area contributed by atoms with Gasteiger partial charge in [-0.1, -0.05) is 25.8 Å². The minimum absolute atomic E-state index is 0.545. The van der Waals surface area contributed by atoms with Gasteiger partial charge in [0, 0.05) is 0 Å². The minimum Gasteiger partial charge on any atom is -0.343 e. The zero-order valence-electron chi connectivity index (χ0n) is 6.82. The lowest BCUT2D eigenvalue weighted by molar-refractivity contribution is -0.334. The van der Waals surface area contributed by atoms with Gasteiger partial charge in [-0.25, -0.2) is 0 Å². The van der Waals surface area contributed by atoms with Gasteiger partial charge in [0.1, 0.15) is 0 Å². The van der Waals surface area contributed by atoms with Gasteiger partial charge in [-0.05, 0) is 6.42 Å². The average molecular weight is 160 g/mol. The molecule has 0 saturated heterocycles. The third-order valence-corrected chi connectivity index (χ3v) is 1.65. The molecule has 0 amide bonds. The summed E-state index contributed by atoms with van der Waals surface area (Å²) >= 11 is 0. The van der Waals surface area contributed by atoms with Crippen molar-refractivity contribution in [3.63, 3.8) is 0 Å². The standard InChI is InChI=1S/C8H16O3/c1-3-5-6-7(4-2)8(9,10)11/h4,7,9-11H,2-3,5-6H2,1H3. The molecular weight excluding hydrogens is 144 g/mol. The Morgan fingerprint density at radius 1 is 1.45 bits per heavy atom. The summed E-state index contributed by atoms with van der Waals surface area (Å²) in [5.41, 5.74) is 0. The van der Waals surface area contributed by atoms with E-state index in [9.17, 15) is 0 Å². The van der Waals surface area contributed by atoms with Crippen molar-refractivity contribution in [2.24, 2.45) is 5.92 Å². The Morgan fingerprint density at radius 3 is 2.27 bits per heavy atom. The Balaban J connectivity index is 3.86. The van der Waals surface area contributed by atoms with Gasteiger partial charge < -0.3 is 15.3 Å². The molecular formula is C8H16O3. The van der Waals surface area contributed by atoms with Crippen LogP contribution in [0.2, 0.25) is 0 Å². The summed E-state index contributed by atoms with van der Waals surface area (Å²) in [6.45, 7) is 5.39. The van der Waals surface area contributed by atoms with E-state index in [4.69, 9.17) is 15.3 Å². The second-order valence-electron chi connectivity index (χ2n) is 2.67. The van der Waals surface area contributed by atoms with Gasteiger partial charge in [-0.3, -0.25) is 0 Å². The molecule has 3 N–H and O–H groups in total. The SMILES string of the molecule is C=CC(CCCC)C(O)(O)O. The van der Waals surface area contributed by atoms with Crippen LogP contribution in [0.4, 0.5) is 0 Å². The van der Waals surface area contributed by atoms with Gasteiger partial charge in [0.2, 0.25) is 0 Å². The van der Waals surface area contributed by atoms with Crippen LogP contribution in [0.3, 0.4) is 0 Å². The molecule has 0 aliphatic rings. The molecule has 0 saturated carbocycles. The van der Waals surface area contributed by atoms with E-state index in [1.54, 1.807) is 0 Å². The molecule has 0 spiro atoms. The Morgan fingerprint density at radius 2 is 2.00 bits per heavy atom. The van der Waals surface area contributed by atoms with E-state index in [1.165, 1.54) is 6.08 Å². The van der Waals surface area contributed by atoms with Crippen LogP contribution in [-0.2, 0) is 0 Å². The van der Waals surface area contributed by atoms with Crippen LogP contribution in [-0.4, -0.2) is 21.3 Å². The van der Waals surface area contributed by atoms with Crippen LogP contribution in [0, 0.1) is 5.92 Å². The van der Waals surface area contributed by atoms with Crippen molar-refractivity contribution in [3.8, 4) is 0 Å². The van der Waals surface area contributed by atoms with E-state index in [2.05, 4.69) is 6.58 Å². The molecule has 0 heterocycles. The second kappa shape index (κ2) is 4.49. The van der Waals surface area contributed by atoms with Crippen molar-refractivity contribution < 1.29 is 15.3 Å². The Bertz CT molecular complexity index is 115. The van der Waals surface area contributed by atoms with Crippen LogP contribution < -0.4 is 0 Å². The largest absolute Gasteiger partial charge is 0.343 e. The lowest BCUT2D eigenvalue weighted by atomic mass is 10.00. The zero-order valence-corrected chi connectivity index (χ0v) is 6.82. The Labute approximate surface area is 67.0 Å². The smallest absolute Gasteiger partial charge is 0.281 e. The lowest BCUT2D eigenvalue weighted by Gasteiger charge is -2.22. The summed E-state index contributed by atoms with van der Waals surface area (Å²) in [6.07, 6.45) is 3.71. The van der Waals surface area contributed by atoms with Crippen molar-refractivity contribution in [1.29, 1.82) is 0 Å². The molecule has 0 radical (unpaired) electrons. The molecule has 0 aromatic heterocycles. The van der Waals surface area contributed by atoms with Crippen LogP contribution in [0.5, 0.6) is 0 Å². The number of rotatable bonds is 5. The normalized spacial score (nSPS) is 14.5. The van der Waals surface area contributed by atoms with Gasteiger partial charge >= 0.3 is 0 Å². The van der Waals surface area contributed by atoms with E-state index < -0.39 is 11.9 Å². The van der Waals surface area contributed by atoms with Crippen LogP contribution >= 0.6 is 0 Å². The molecule has 0 rings (SSSR count). The van der Waals surface area contributed by atoms with E-state index >= 15 is 0 Å². The maximum absolute atomic E-state index is 8.74. The van der Waals surface area contributed by atoms with Gasteiger partial charge in [0.05, 0.1) is 5.92 Å². The van der Waals surface area contributed by atoms with E-state index in [0.717, 1.165) is 12.8 Å². The Hall–Kier alpha value is -0.380. The van der Waals surface area contributed by atoms with Crippen molar-refractivity contribution in [1.82, 2.24) is 0 Å². The van der Waals surface area contributed by atoms with Crippen molar-refractivity contribution in [3.05, 3.63) is 12.7 Å². The molecule has 3 heteroatoms. The highest BCUT2D eigenvalue weighted by Crippen LogP contribution is 2.18. The van der Waals surface area contributed by atoms with Gasteiger partial charge in [0.25, 0.3) is 5.97 Å². The maximum Gasteiger partial charge on any atom is 0.281 e. The quantitative estimate of drug-likeness (QED) is 0.408. The van der Waals surface area contributed by atoms with Gasteiger partial charge in [-0.2, -0.15) is 0 Å². The molecule has 1 atom stereocenters. The number of hydrogen-bond acceptors (Lipinski definition) is 3. The lowest BCUT2D eigenvalue weighted by Crippen LogP contribution is -2.36. The molecule has 3 nitrogen and oxygen atoms in total. The van der Waals surface area contributed by atoms with Crippen molar-refractivity contribution in [2.75, 3.05) is 0 Å². The molecule has 0 aliphatic heterocycles. The first-order valence-electron chi connectivity index (χ1n) is 3.82. The predicted octanol–water partition coefficient (Wildman–Crippen LogP) is 0.609. The van der Waals surface area contributed by atoms with Crippen molar-refractivity contribution in [2.45, 2.75) is 32.2 Å². The second-order valence-corrected chi connectivity index (χ2v) is 2.67. The fraction of sp³-hybridized carbons (Fsp3) is 0.750. The number of hydrogen-bond donors (Lipinski definition) is 3. The summed E-state index contributed by atoms with van der Waals surface area (Å²) in [7, 11) is 0. The predicted molar refractivity (Wildman–Crippen MR) is 42.6 cm³/mol. The zero-order chi connectivity index (χ0) is 8.91. The summed E-state index contributed by atoms with van der Waals surface area (Å²) in [6, 6.07) is 0. The first-order valence-corrected chi connectivity index (χ1v) is 3.82. The Kier molecular flexibility index (Phi) is 4.33. The van der Waals surface area contributed by atoms with Crippen molar-refractivity contribution >= 4 is 0 Å².